The highest BCUT2D eigenvalue weighted by Crippen LogP contribution is 2.22. The summed E-state index contributed by atoms with van der Waals surface area (Å²) in [6, 6.07) is 4.13. The molecule has 0 spiro atoms. The molecule has 15 heavy (non-hydrogen) atoms. The van der Waals surface area contributed by atoms with Crippen LogP contribution >= 0.6 is 0 Å². The van der Waals surface area contributed by atoms with Crippen molar-refractivity contribution in [3.05, 3.63) is 28.8 Å². The minimum atomic E-state index is -0.120. The molecule has 0 fully saturated rings. The Morgan fingerprint density at radius 1 is 1.20 bits per heavy atom. The SMILES string of the molecule is CC(=O)C(C)Nc1c(C)cc(C)cc1C. The van der Waals surface area contributed by atoms with Crippen molar-refractivity contribution in [2.45, 2.75) is 40.7 Å². The monoisotopic (exact) mass is 205 g/mol. The molecule has 0 saturated heterocycles. The number of aryl methyl sites for hydroxylation is 3. The molecule has 1 rings (SSSR count). The fourth-order valence-electron chi connectivity index (χ4n) is 1.73. The first kappa shape index (κ1) is 11.8. The fraction of sp³-hybridized carbons (Fsp3) is 0.462. The summed E-state index contributed by atoms with van der Waals surface area (Å²) in [7, 11) is 0. The van der Waals surface area contributed by atoms with Gasteiger partial charge in [-0.25, -0.2) is 0 Å². The van der Waals surface area contributed by atoms with E-state index in [9.17, 15) is 4.79 Å². The number of hydrogen-bond donors (Lipinski definition) is 1. The van der Waals surface area contributed by atoms with Crippen molar-refractivity contribution in [1.82, 2.24) is 0 Å². The molecule has 82 valence electrons. The number of anilines is 1. The summed E-state index contributed by atoms with van der Waals surface area (Å²) in [6.07, 6.45) is 0. The van der Waals surface area contributed by atoms with Gasteiger partial charge in [-0.3, -0.25) is 4.79 Å². The maximum atomic E-state index is 11.2. The molecular weight excluding hydrogens is 186 g/mol. The van der Waals surface area contributed by atoms with Crippen LogP contribution in [0.4, 0.5) is 5.69 Å². The summed E-state index contributed by atoms with van der Waals surface area (Å²) in [5.74, 6) is 0.161. The number of Topliss-reactive ketones (excluding diaryl/α,β-unsaturated/α-hetero) is 1. The van der Waals surface area contributed by atoms with Crippen LogP contribution in [-0.2, 0) is 4.79 Å². The smallest absolute Gasteiger partial charge is 0.151 e. The van der Waals surface area contributed by atoms with Crippen LogP contribution in [-0.4, -0.2) is 11.8 Å². The lowest BCUT2D eigenvalue weighted by molar-refractivity contribution is -0.117. The number of benzene rings is 1. The van der Waals surface area contributed by atoms with Crippen LogP contribution in [0.1, 0.15) is 30.5 Å². The first-order chi connectivity index (χ1) is 6.91. The number of nitrogens with one attached hydrogen (secondary N) is 1. The van der Waals surface area contributed by atoms with E-state index in [2.05, 4.69) is 38.2 Å². The Morgan fingerprint density at radius 3 is 2.07 bits per heavy atom. The second kappa shape index (κ2) is 4.47. The van der Waals surface area contributed by atoms with E-state index in [1.54, 1.807) is 6.92 Å². The third-order valence-electron chi connectivity index (χ3n) is 2.65. The van der Waals surface area contributed by atoms with Gasteiger partial charge >= 0.3 is 0 Å². The van der Waals surface area contributed by atoms with Gasteiger partial charge in [-0.2, -0.15) is 0 Å². The number of hydrogen-bond acceptors (Lipinski definition) is 2. The molecule has 0 aromatic heterocycles. The van der Waals surface area contributed by atoms with E-state index in [0.29, 0.717) is 0 Å². The van der Waals surface area contributed by atoms with E-state index in [1.807, 2.05) is 6.92 Å². The van der Waals surface area contributed by atoms with Crippen molar-refractivity contribution in [3.63, 3.8) is 0 Å². The topological polar surface area (TPSA) is 29.1 Å². The Kier molecular flexibility index (Phi) is 3.51. The molecule has 0 aliphatic rings. The van der Waals surface area contributed by atoms with E-state index in [4.69, 9.17) is 0 Å². The third-order valence-corrected chi connectivity index (χ3v) is 2.65. The zero-order valence-electron chi connectivity index (χ0n) is 10.1. The highest BCUT2D eigenvalue weighted by atomic mass is 16.1. The lowest BCUT2D eigenvalue weighted by atomic mass is 10.0. The molecule has 1 unspecified atom stereocenters. The fourth-order valence-corrected chi connectivity index (χ4v) is 1.73. The first-order valence-electron chi connectivity index (χ1n) is 5.26. The summed E-state index contributed by atoms with van der Waals surface area (Å²) in [5.41, 5.74) is 4.73. The van der Waals surface area contributed by atoms with Crippen LogP contribution in [0.5, 0.6) is 0 Å². The Bertz CT molecular complexity index is 359. The van der Waals surface area contributed by atoms with E-state index in [0.717, 1.165) is 5.69 Å². The van der Waals surface area contributed by atoms with Crippen molar-refractivity contribution in [3.8, 4) is 0 Å². The lowest BCUT2D eigenvalue weighted by Gasteiger charge is -2.17. The van der Waals surface area contributed by atoms with E-state index >= 15 is 0 Å². The molecule has 0 bridgehead atoms. The van der Waals surface area contributed by atoms with Crippen LogP contribution < -0.4 is 5.32 Å². The summed E-state index contributed by atoms with van der Waals surface area (Å²) in [5, 5.41) is 3.26. The first-order valence-corrected chi connectivity index (χ1v) is 5.26. The van der Waals surface area contributed by atoms with Gasteiger partial charge in [0.2, 0.25) is 0 Å². The molecule has 1 N–H and O–H groups in total. The van der Waals surface area contributed by atoms with Gasteiger partial charge in [0, 0.05) is 5.69 Å². The van der Waals surface area contributed by atoms with Gasteiger partial charge in [-0.1, -0.05) is 17.7 Å². The zero-order chi connectivity index (χ0) is 11.6. The molecule has 1 atom stereocenters. The molecule has 0 radical (unpaired) electrons. The summed E-state index contributed by atoms with van der Waals surface area (Å²) >= 11 is 0. The number of carbonyl (C=O) groups is 1. The van der Waals surface area contributed by atoms with Gasteiger partial charge in [0.1, 0.15) is 0 Å². The maximum Gasteiger partial charge on any atom is 0.151 e. The Hall–Kier alpha value is -1.31. The van der Waals surface area contributed by atoms with Crippen molar-refractivity contribution in [2.24, 2.45) is 0 Å². The van der Waals surface area contributed by atoms with E-state index in [-0.39, 0.29) is 11.8 Å². The summed E-state index contributed by atoms with van der Waals surface area (Å²) in [4.78, 5) is 11.2. The summed E-state index contributed by atoms with van der Waals surface area (Å²) in [6.45, 7) is 9.71. The molecule has 0 heterocycles. The molecule has 1 aromatic rings. The Morgan fingerprint density at radius 2 is 1.67 bits per heavy atom. The van der Waals surface area contributed by atoms with Gasteiger partial charge in [-0.05, 0) is 45.7 Å². The van der Waals surface area contributed by atoms with Crippen molar-refractivity contribution in [1.29, 1.82) is 0 Å². The standard InChI is InChI=1S/C13H19NO/c1-8-6-9(2)13(10(3)7-8)14-11(4)12(5)15/h6-7,11,14H,1-5H3. The van der Waals surface area contributed by atoms with Gasteiger partial charge in [0.15, 0.2) is 5.78 Å². The minimum Gasteiger partial charge on any atom is -0.375 e. The predicted octanol–water partition coefficient (Wildman–Crippen LogP) is 3.00. The van der Waals surface area contributed by atoms with Crippen LogP contribution in [0.25, 0.3) is 0 Å². The second-order valence-corrected chi connectivity index (χ2v) is 4.25. The predicted molar refractivity (Wildman–Crippen MR) is 64.4 cm³/mol. The maximum absolute atomic E-state index is 11.2. The van der Waals surface area contributed by atoms with Crippen LogP contribution in [0.3, 0.4) is 0 Å². The van der Waals surface area contributed by atoms with Gasteiger partial charge in [0.25, 0.3) is 0 Å². The van der Waals surface area contributed by atoms with Crippen molar-refractivity contribution in [2.75, 3.05) is 5.32 Å². The summed E-state index contributed by atoms with van der Waals surface area (Å²) < 4.78 is 0. The van der Waals surface area contributed by atoms with Crippen LogP contribution in [0.2, 0.25) is 0 Å². The van der Waals surface area contributed by atoms with E-state index < -0.39 is 0 Å². The number of carbonyl (C=O) groups excluding carboxylic acids is 1. The highest BCUT2D eigenvalue weighted by Gasteiger charge is 2.10. The Balaban J connectivity index is 3.00. The molecule has 0 aliphatic carbocycles. The van der Waals surface area contributed by atoms with E-state index in [1.165, 1.54) is 16.7 Å². The van der Waals surface area contributed by atoms with Gasteiger partial charge in [0.05, 0.1) is 6.04 Å². The largest absolute Gasteiger partial charge is 0.375 e. The Labute approximate surface area is 91.7 Å². The zero-order valence-corrected chi connectivity index (χ0v) is 10.1. The number of ketones is 1. The molecule has 0 saturated carbocycles. The van der Waals surface area contributed by atoms with Crippen molar-refractivity contribution < 1.29 is 4.79 Å². The molecule has 0 amide bonds. The third kappa shape index (κ3) is 2.82. The molecule has 1 aromatic carbocycles. The van der Waals surface area contributed by atoms with Gasteiger partial charge < -0.3 is 5.32 Å². The quantitative estimate of drug-likeness (QED) is 0.821. The van der Waals surface area contributed by atoms with Gasteiger partial charge in [-0.15, -0.1) is 0 Å². The average Bonchev–Trinajstić information content (AvgIpc) is 2.10. The second-order valence-electron chi connectivity index (χ2n) is 4.25. The molecule has 2 nitrogen and oxygen atoms in total. The average molecular weight is 205 g/mol. The molecular formula is C13H19NO. The highest BCUT2D eigenvalue weighted by molar-refractivity contribution is 5.84. The van der Waals surface area contributed by atoms with Crippen molar-refractivity contribution >= 4 is 11.5 Å². The normalized spacial score (nSPS) is 12.3. The van der Waals surface area contributed by atoms with Crippen LogP contribution in [0, 0.1) is 20.8 Å². The molecule has 2 heteroatoms. The lowest BCUT2D eigenvalue weighted by Crippen LogP contribution is -2.24. The molecule has 0 aliphatic heterocycles. The number of rotatable bonds is 3. The minimum absolute atomic E-state index is 0.120. The van der Waals surface area contributed by atoms with Crippen LogP contribution in [0.15, 0.2) is 12.1 Å².